The number of carbonyl (C=O) groups is 2. The van der Waals surface area contributed by atoms with Gasteiger partial charge in [-0.1, -0.05) is 19.3 Å². The monoisotopic (exact) mass is 603 g/mol. The number of Topliss-reactive ketones (excluding diaryl/α,β-unsaturated/α-hetero) is 1. The second-order valence-electron chi connectivity index (χ2n) is 12.3. The number of aromatic nitrogens is 4. The second-order valence-corrected chi connectivity index (χ2v) is 12.3. The molecular weight excluding hydrogens is 558 g/mol. The molecule has 3 aromatic rings. The van der Waals surface area contributed by atoms with Crippen LogP contribution in [-0.2, 0) is 14.3 Å². The Hall–Kier alpha value is -3.57. The van der Waals surface area contributed by atoms with Crippen molar-refractivity contribution in [3.05, 3.63) is 36.2 Å². The van der Waals surface area contributed by atoms with Gasteiger partial charge in [0.2, 0.25) is 5.95 Å². The number of anilines is 3. The Bertz CT molecular complexity index is 1390. The normalized spacial score (nSPS) is 21.2. The van der Waals surface area contributed by atoms with Crippen LogP contribution in [0.5, 0.6) is 0 Å². The van der Waals surface area contributed by atoms with E-state index in [-0.39, 0.29) is 24.0 Å². The number of carbonyl (C=O) groups excluding carboxylic acids is 2. The van der Waals surface area contributed by atoms with E-state index in [0.29, 0.717) is 37.1 Å². The van der Waals surface area contributed by atoms with Crippen LogP contribution in [0.25, 0.3) is 11.2 Å². The van der Waals surface area contributed by atoms with Gasteiger partial charge in [-0.3, -0.25) is 14.2 Å². The quantitative estimate of drug-likeness (QED) is 0.212. The Balaban J connectivity index is 1.07. The van der Waals surface area contributed by atoms with Crippen molar-refractivity contribution in [2.45, 2.75) is 108 Å². The summed E-state index contributed by atoms with van der Waals surface area (Å²) < 4.78 is 13.7. The Morgan fingerprint density at radius 2 is 1.64 bits per heavy atom. The third-order valence-electron chi connectivity index (χ3n) is 8.91. The molecule has 3 N–H and O–H groups in total. The number of ketones is 1. The summed E-state index contributed by atoms with van der Waals surface area (Å²) in [6.07, 6.45) is 15.5. The van der Waals surface area contributed by atoms with Gasteiger partial charge in [-0.05, 0) is 88.5 Å². The van der Waals surface area contributed by atoms with Crippen molar-refractivity contribution in [2.24, 2.45) is 0 Å². The van der Waals surface area contributed by atoms with Crippen molar-refractivity contribution in [2.75, 3.05) is 30.4 Å². The van der Waals surface area contributed by atoms with Gasteiger partial charge in [-0.25, -0.2) is 4.98 Å². The maximum atomic E-state index is 12.7. The topological polar surface area (TPSA) is 132 Å². The number of amides is 1. The van der Waals surface area contributed by atoms with Crippen molar-refractivity contribution >= 4 is 40.3 Å². The summed E-state index contributed by atoms with van der Waals surface area (Å²) in [5, 5.41) is 9.96. The fourth-order valence-corrected chi connectivity index (χ4v) is 6.39. The van der Waals surface area contributed by atoms with Gasteiger partial charge in [0, 0.05) is 43.5 Å². The van der Waals surface area contributed by atoms with E-state index in [9.17, 15) is 9.59 Å². The lowest BCUT2D eigenvalue weighted by Gasteiger charge is -2.25. The molecule has 0 spiro atoms. The SMILES string of the molecule is O=C(NCCCCC(=O)C1CCCCO1)c1ccc(Nc2nc(NC3CCCCC3)c3ncn(C4CCCCO4)c3n2)cc1. The third-order valence-corrected chi connectivity index (χ3v) is 8.91. The van der Waals surface area contributed by atoms with Crippen molar-refractivity contribution in [1.29, 1.82) is 0 Å². The molecule has 2 atom stereocenters. The molecule has 11 nitrogen and oxygen atoms in total. The summed E-state index contributed by atoms with van der Waals surface area (Å²) in [7, 11) is 0. The summed E-state index contributed by atoms with van der Waals surface area (Å²) in [6.45, 7) is 1.95. The molecule has 3 fully saturated rings. The highest BCUT2D eigenvalue weighted by Crippen LogP contribution is 2.31. The molecule has 1 amide bonds. The summed E-state index contributed by atoms with van der Waals surface area (Å²) >= 11 is 0. The first kappa shape index (κ1) is 30.5. The van der Waals surface area contributed by atoms with E-state index in [4.69, 9.17) is 24.4 Å². The lowest BCUT2D eigenvalue weighted by molar-refractivity contribution is -0.133. The first-order chi connectivity index (χ1) is 21.6. The van der Waals surface area contributed by atoms with E-state index in [1.54, 1.807) is 12.1 Å². The van der Waals surface area contributed by atoms with Gasteiger partial charge < -0.3 is 25.4 Å². The molecule has 236 valence electrons. The van der Waals surface area contributed by atoms with Crippen LogP contribution < -0.4 is 16.0 Å². The Kier molecular flexibility index (Phi) is 10.3. The highest BCUT2D eigenvalue weighted by Gasteiger charge is 2.24. The Morgan fingerprint density at radius 3 is 2.39 bits per heavy atom. The standard InChI is InChI=1S/C33H45N7O4/c41-26(27-13-5-8-20-43-27)12-4-7-19-34-32(42)23-15-17-25(18-16-23)37-33-38-30(36-24-10-2-1-3-11-24)29-31(39-33)40(22-35-29)28-14-6-9-21-44-28/h15-18,22,24,27-28H,1-14,19-21H2,(H,34,42)(H2,36,37,38,39). The number of hydrogen-bond acceptors (Lipinski definition) is 9. The summed E-state index contributed by atoms with van der Waals surface area (Å²) in [5.74, 6) is 1.26. The first-order valence-electron chi connectivity index (χ1n) is 16.6. The minimum atomic E-state index is -0.231. The van der Waals surface area contributed by atoms with E-state index in [1.807, 2.05) is 23.0 Å². The molecule has 2 aromatic heterocycles. The molecule has 1 aliphatic carbocycles. The van der Waals surface area contributed by atoms with Gasteiger partial charge in [-0.15, -0.1) is 0 Å². The lowest BCUT2D eigenvalue weighted by Crippen LogP contribution is -2.28. The number of rotatable bonds is 12. The average molecular weight is 604 g/mol. The number of unbranched alkanes of at least 4 members (excludes halogenated alkanes) is 1. The largest absolute Gasteiger partial charge is 0.370 e. The number of nitrogens with one attached hydrogen (secondary N) is 3. The smallest absolute Gasteiger partial charge is 0.251 e. The highest BCUT2D eigenvalue weighted by molar-refractivity contribution is 5.94. The van der Waals surface area contributed by atoms with Crippen LogP contribution >= 0.6 is 0 Å². The predicted octanol–water partition coefficient (Wildman–Crippen LogP) is 6.05. The Morgan fingerprint density at radius 1 is 0.864 bits per heavy atom. The van der Waals surface area contributed by atoms with Crippen LogP contribution in [0.15, 0.2) is 30.6 Å². The summed E-state index contributed by atoms with van der Waals surface area (Å²) in [6, 6.07) is 7.68. The molecule has 1 saturated carbocycles. The number of ether oxygens (including phenoxy) is 2. The van der Waals surface area contributed by atoms with Crippen LogP contribution in [0.2, 0.25) is 0 Å². The van der Waals surface area contributed by atoms with E-state index in [0.717, 1.165) is 93.5 Å². The highest BCUT2D eigenvalue weighted by atomic mass is 16.5. The molecule has 2 aliphatic heterocycles. The number of fused-ring (bicyclic) bond motifs is 1. The Labute approximate surface area is 258 Å². The van der Waals surface area contributed by atoms with Gasteiger partial charge in [0.15, 0.2) is 22.8 Å². The molecule has 11 heteroatoms. The summed E-state index contributed by atoms with van der Waals surface area (Å²) in [4.78, 5) is 39.4. The zero-order valence-corrected chi connectivity index (χ0v) is 25.6. The van der Waals surface area contributed by atoms with Gasteiger partial charge in [0.1, 0.15) is 12.3 Å². The third kappa shape index (κ3) is 7.74. The van der Waals surface area contributed by atoms with Gasteiger partial charge in [0.05, 0.1) is 6.33 Å². The minimum absolute atomic E-state index is 0.0804. The van der Waals surface area contributed by atoms with E-state index in [2.05, 4.69) is 16.0 Å². The zero-order chi connectivity index (χ0) is 30.1. The molecule has 2 unspecified atom stereocenters. The van der Waals surface area contributed by atoms with Crippen LogP contribution in [0, 0.1) is 0 Å². The van der Waals surface area contributed by atoms with Crippen LogP contribution in [-0.4, -0.2) is 63.1 Å². The molecular formula is C33H45N7O4. The molecule has 3 aliphatic rings. The number of nitrogens with zero attached hydrogens (tertiary/aromatic N) is 4. The second kappa shape index (κ2) is 14.9. The van der Waals surface area contributed by atoms with Gasteiger partial charge in [-0.2, -0.15) is 9.97 Å². The van der Waals surface area contributed by atoms with Crippen molar-refractivity contribution < 1.29 is 19.1 Å². The molecule has 0 radical (unpaired) electrons. The number of imidazole rings is 1. The number of hydrogen-bond donors (Lipinski definition) is 3. The maximum absolute atomic E-state index is 12.7. The molecule has 6 rings (SSSR count). The first-order valence-corrected chi connectivity index (χ1v) is 16.6. The zero-order valence-electron chi connectivity index (χ0n) is 25.6. The number of benzene rings is 1. The maximum Gasteiger partial charge on any atom is 0.251 e. The van der Waals surface area contributed by atoms with Crippen LogP contribution in [0.4, 0.5) is 17.5 Å². The van der Waals surface area contributed by atoms with Crippen molar-refractivity contribution in [1.82, 2.24) is 24.8 Å². The van der Waals surface area contributed by atoms with E-state index in [1.165, 1.54) is 19.3 Å². The minimum Gasteiger partial charge on any atom is -0.370 e. The van der Waals surface area contributed by atoms with Gasteiger partial charge in [0.25, 0.3) is 5.91 Å². The predicted molar refractivity (Wildman–Crippen MR) is 169 cm³/mol. The van der Waals surface area contributed by atoms with Crippen LogP contribution in [0.1, 0.15) is 106 Å². The molecule has 44 heavy (non-hydrogen) atoms. The van der Waals surface area contributed by atoms with Crippen molar-refractivity contribution in [3.8, 4) is 0 Å². The van der Waals surface area contributed by atoms with Crippen LogP contribution in [0.3, 0.4) is 0 Å². The lowest BCUT2D eigenvalue weighted by atomic mass is 9.95. The van der Waals surface area contributed by atoms with Gasteiger partial charge >= 0.3 is 0 Å². The van der Waals surface area contributed by atoms with E-state index >= 15 is 0 Å². The average Bonchev–Trinajstić information content (AvgIpc) is 3.50. The molecule has 2 saturated heterocycles. The molecule has 1 aromatic carbocycles. The molecule has 0 bridgehead atoms. The van der Waals surface area contributed by atoms with Crippen molar-refractivity contribution in [3.63, 3.8) is 0 Å². The summed E-state index contributed by atoms with van der Waals surface area (Å²) in [5.41, 5.74) is 2.87. The fourth-order valence-electron chi connectivity index (χ4n) is 6.39. The van der Waals surface area contributed by atoms with E-state index < -0.39 is 0 Å². The fraction of sp³-hybridized carbons (Fsp3) is 0.606. The molecule has 4 heterocycles.